The van der Waals surface area contributed by atoms with Crippen LogP contribution in [0, 0.1) is 87.8 Å². The minimum Gasteiger partial charge on any atom is -0.381 e. The van der Waals surface area contributed by atoms with Crippen LogP contribution in [0.15, 0.2) is 60.7 Å². The quantitative estimate of drug-likeness (QED) is 0.256. The van der Waals surface area contributed by atoms with Crippen molar-refractivity contribution in [3.8, 4) is 0 Å². The van der Waals surface area contributed by atoms with E-state index in [0.29, 0.717) is 29.3 Å². The molecule has 4 saturated carbocycles. The Morgan fingerprint density at radius 1 is 0.580 bits per heavy atom. The van der Waals surface area contributed by atoms with Crippen LogP contribution in [-0.2, 0) is 4.74 Å². The molecular weight excluding hydrogens is 605 g/mol. The first-order chi connectivity index (χ1) is 23.6. The summed E-state index contributed by atoms with van der Waals surface area (Å²) in [5, 5.41) is 0. The molecule has 0 radical (unpaired) electrons. The smallest absolute Gasteiger partial charge is 0.0675 e. The van der Waals surface area contributed by atoms with Crippen LogP contribution in [0.5, 0.6) is 0 Å². The average Bonchev–Trinajstić information content (AvgIpc) is 3.55. The summed E-state index contributed by atoms with van der Waals surface area (Å²) in [5.41, 5.74) is 3.72. The van der Waals surface area contributed by atoms with Crippen LogP contribution in [0.1, 0.15) is 144 Å². The SMILES string of the molecule is COC1C(c2ccccc2)C2CC(CC(C)C)C(CC3C(CC(C)C)CC4C3CC(C(C)(C)C)C(C)C4c3ccccc3)C2CC1C(C)(C)C. The Bertz CT molecular complexity index is 1340. The summed E-state index contributed by atoms with van der Waals surface area (Å²) in [4.78, 5) is 0. The molecule has 0 heterocycles. The highest BCUT2D eigenvalue weighted by Gasteiger charge is 2.59. The molecule has 0 N–H and O–H groups in total. The molecule has 0 spiro atoms. The molecule has 2 aromatic rings. The van der Waals surface area contributed by atoms with Crippen molar-refractivity contribution >= 4 is 0 Å². The number of ether oxygens (including phenoxy) is 1. The van der Waals surface area contributed by atoms with Gasteiger partial charge in [-0.1, -0.05) is 137 Å². The van der Waals surface area contributed by atoms with E-state index in [1.807, 2.05) is 7.11 Å². The second kappa shape index (κ2) is 15.0. The van der Waals surface area contributed by atoms with E-state index in [0.717, 1.165) is 71.0 Å². The molecule has 0 aliphatic heterocycles. The highest BCUT2D eigenvalue weighted by Crippen LogP contribution is 2.66. The van der Waals surface area contributed by atoms with Gasteiger partial charge in [0.25, 0.3) is 0 Å². The highest BCUT2D eigenvalue weighted by molar-refractivity contribution is 5.27. The summed E-state index contributed by atoms with van der Waals surface area (Å²) in [6.45, 7) is 27.8. The third-order valence-electron chi connectivity index (χ3n) is 15.4. The first kappa shape index (κ1) is 38.1. The third kappa shape index (κ3) is 7.57. The zero-order valence-electron chi connectivity index (χ0n) is 34.4. The van der Waals surface area contributed by atoms with Crippen molar-refractivity contribution in [1.82, 2.24) is 0 Å². The van der Waals surface area contributed by atoms with Gasteiger partial charge in [0.2, 0.25) is 0 Å². The average molecular weight is 681 g/mol. The highest BCUT2D eigenvalue weighted by atomic mass is 16.5. The van der Waals surface area contributed by atoms with E-state index < -0.39 is 0 Å². The van der Waals surface area contributed by atoms with Gasteiger partial charge in [-0.25, -0.2) is 0 Å². The fourth-order valence-electron chi connectivity index (χ4n) is 13.8. The fourth-order valence-corrected chi connectivity index (χ4v) is 13.8. The van der Waals surface area contributed by atoms with Crippen molar-refractivity contribution in [3.63, 3.8) is 0 Å². The number of hydrogen-bond donors (Lipinski definition) is 0. The minimum atomic E-state index is 0.223. The lowest BCUT2D eigenvalue weighted by molar-refractivity contribution is -0.0764. The van der Waals surface area contributed by atoms with Crippen molar-refractivity contribution in [2.75, 3.05) is 7.11 Å². The molecule has 4 fully saturated rings. The van der Waals surface area contributed by atoms with E-state index >= 15 is 0 Å². The summed E-state index contributed by atoms with van der Waals surface area (Å²) in [5.74, 6) is 11.3. The molecule has 4 aliphatic carbocycles. The van der Waals surface area contributed by atoms with E-state index in [-0.39, 0.29) is 5.41 Å². The molecule has 0 amide bonds. The summed E-state index contributed by atoms with van der Waals surface area (Å²) in [7, 11) is 2.02. The Morgan fingerprint density at radius 2 is 1.00 bits per heavy atom. The van der Waals surface area contributed by atoms with E-state index in [1.165, 1.54) is 50.5 Å². The zero-order chi connectivity index (χ0) is 36.1. The third-order valence-corrected chi connectivity index (χ3v) is 15.4. The van der Waals surface area contributed by atoms with Gasteiger partial charge in [0.05, 0.1) is 6.10 Å². The molecule has 2 aromatic carbocycles. The van der Waals surface area contributed by atoms with Crippen LogP contribution in [-0.4, -0.2) is 13.2 Å². The molecule has 1 nitrogen and oxygen atoms in total. The summed E-state index contributed by atoms with van der Waals surface area (Å²) >= 11 is 0. The van der Waals surface area contributed by atoms with E-state index in [1.54, 1.807) is 5.56 Å². The second-order valence-corrected chi connectivity index (χ2v) is 21.3. The van der Waals surface area contributed by atoms with Gasteiger partial charge in [-0.3, -0.25) is 0 Å². The Morgan fingerprint density at radius 3 is 1.42 bits per heavy atom. The van der Waals surface area contributed by atoms with Gasteiger partial charge >= 0.3 is 0 Å². The lowest BCUT2D eigenvalue weighted by atomic mass is 9.54. The van der Waals surface area contributed by atoms with Crippen molar-refractivity contribution < 1.29 is 4.74 Å². The molecular formula is C49H76O. The van der Waals surface area contributed by atoms with Crippen molar-refractivity contribution in [3.05, 3.63) is 71.8 Å². The molecule has 0 saturated heterocycles. The number of fused-ring (bicyclic) bond motifs is 2. The van der Waals surface area contributed by atoms with Crippen molar-refractivity contribution in [2.45, 2.75) is 139 Å². The van der Waals surface area contributed by atoms with Gasteiger partial charge in [-0.15, -0.1) is 0 Å². The molecule has 50 heavy (non-hydrogen) atoms. The number of rotatable bonds is 9. The lowest BCUT2D eigenvalue weighted by Gasteiger charge is -2.51. The van der Waals surface area contributed by atoms with Crippen LogP contribution < -0.4 is 0 Å². The van der Waals surface area contributed by atoms with Gasteiger partial charge in [-0.05, 0) is 150 Å². The Hall–Kier alpha value is -1.60. The number of hydrogen-bond acceptors (Lipinski definition) is 1. The fraction of sp³-hybridized carbons (Fsp3) is 0.755. The monoisotopic (exact) mass is 681 g/mol. The predicted octanol–water partition coefficient (Wildman–Crippen LogP) is 13.6. The summed E-state index contributed by atoms with van der Waals surface area (Å²) in [6, 6.07) is 23.5. The Kier molecular flexibility index (Phi) is 11.5. The standard InChI is InChI=1S/C49H76O/c1-30(2)23-35-25-41-39(28-43(48(6,7)8)32(5)45(41)33-19-15-13-16-20-33)37(35)27-38-36(24-31(3)4)26-42-40(38)29-44(49(9,10)11)47(50-12)46(42)34-21-17-14-18-22-34/h13-22,30-32,35-47H,23-29H2,1-12H3. The molecule has 1 heteroatoms. The van der Waals surface area contributed by atoms with Gasteiger partial charge in [-0.2, -0.15) is 0 Å². The molecule has 0 bridgehead atoms. The topological polar surface area (TPSA) is 9.23 Å². The maximum Gasteiger partial charge on any atom is 0.0675 e. The summed E-state index contributed by atoms with van der Waals surface area (Å²) in [6.07, 6.45) is 10.2. The van der Waals surface area contributed by atoms with Gasteiger partial charge in [0.15, 0.2) is 0 Å². The zero-order valence-corrected chi connectivity index (χ0v) is 34.4. The van der Waals surface area contributed by atoms with E-state index in [2.05, 4.69) is 137 Å². The van der Waals surface area contributed by atoms with Gasteiger partial charge in [0, 0.05) is 13.0 Å². The van der Waals surface area contributed by atoms with Gasteiger partial charge < -0.3 is 4.74 Å². The van der Waals surface area contributed by atoms with Crippen LogP contribution in [0.3, 0.4) is 0 Å². The Balaban J connectivity index is 1.42. The molecule has 278 valence electrons. The summed E-state index contributed by atoms with van der Waals surface area (Å²) < 4.78 is 6.63. The second-order valence-electron chi connectivity index (χ2n) is 21.3. The predicted molar refractivity (Wildman–Crippen MR) is 214 cm³/mol. The van der Waals surface area contributed by atoms with Crippen LogP contribution in [0.4, 0.5) is 0 Å². The van der Waals surface area contributed by atoms with Crippen LogP contribution in [0.25, 0.3) is 0 Å². The first-order valence-electron chi connectivity index (χ1n) is 21.2. The molecule has 14 unspecified atom stereocenters. The first-order valence-corrected chi connectivity index (χ1v) is 21.2. The molecule has 6 rings (SSSR count). The van der Waals surface area contributed by atoms with E-state index in [9.17, 15) is 0 Å². The largest absolute Gasteiger partial charge is 0.381 e. The van der Waals surface area contributed by atoms with Crippen LogP contribution >= 0.6 is 0 Å². The minimum absolute atomic E-state index is 0.223. The number of methoxy groups -OCH3 is 1. The van der Waals surface area contributed by atoms with Crippen molar-refractivity contribution in [2.24, 2.45) is 87.8 Å². The molecule has 14 atom stereocenters. The molecule has 4 aliphatic rings. The molecule has 0 aromatic heterocycles. The maximum absolute atomic E-state index is 6.63. The lowest BCUT2D eigenvalue weighted by Crippen LogP contribution is -2.48. The normalized spacial score (nSPS) is 39.2. The van der Waals surface area contributed by atoms with Crippen LogP contribution in [0.2, 0.25) is 0 Å². The number of benzene rings is 2. The maximum atomic E-state index is 6.63. The Labute approximate surface area is 309 Å². The van der Waals surface area contributed by atoms with Gasteiger partial charge in [0.1, 0.15) is 0 Å². The van der Waals surface area contributed by atoms with Crippen molar-refractivity contribution in [1.29, 1.82) is 0 Å². The van der Waals surface area contributed by atoms with E-state index in [4.69, 9.17) is 4.74 Å².